The van der Waals surface area contributed by atoms with Crippen LogP contribution in [0.4, 0.5) is 0 Å². The molecule has 1 aliphatic heterocycles. The molecular formula is C15H28IN3O. The van der Waals surface area contributed by atoms with Gasteiger partial charge in [0.15, 0.2) is 5.96 Å². The van der Waals surface area contributed by atoms with Crippen molar-refractivity contribution in [1.82, 2.24) is 10.6 Å². The van der Waals surface area contributed by atoms with Crippen LogP contribution in [0.3, 0.4) is 0 Å². The first-order valence-electron chi connectivity index (χ1n) is 7.82. The van der Waals surface area contributed by atoms with Gasteiger partial charge in [0, 0.05) is 36.6 Å². The van der Waals surface area contributed by atoms with Crippen LogP contribution in [-0.2, 0) is 4.74 Å². The number of nitrogens with one attached hydrogen (secondary N) is 2. The van der Waals surface area contributed by atoms with Crippen molar-refractivity contribution in [2.45, 2.75) is 64.6 Å². The summed E-state index contributed by atoms with van der Waals surface area (Å²) in [6.45, 7) is 8.47. The number of hydrogen-bond donors (Lipinski definition) is 2. The van der Waals surface area contributed by atoms with Gasteiger partial charge >= 0.3 is 0 Å². The van der Waals surface area contributed by atoms with E-state index in [0.717, 1.165) is 19.1 Å². The van der Waals surface area contributed by atoms with Crippen molar-refractivity contribution in [3.63, 3.8) is 0 Å². The lowest BCUT2D eigenvalue weighted by atomic mass is 9.57. The van der Waals surface area contributed by atoms with Gasteiger partial charge in [-0.1, -0.05) is 13.8 Å². The molecule has 2 N–H and O–H groups in total. The number of ether oxygens (including phenoxy) is 1. The Morgan fingerprint density at radius 2 is 2.00 bits per heavy atom. The summed E-state index contributed by atoms with van der Waals surface area (Å²) < 4.78 is 5.85. The van der Waals surface area contributed by atoms with Crippen molar-refractivity contribution in [2.24, 2.45) is 16.3 Å². The van der Waals surface area contributed by atoms with E-state index in [4.69, 9.17) is 4.74 Å². The lowest BCUT2D eigenvalue weighted by Crippen LogP contribution is -2.68. The van der Waals surface area contributed by atoms with Crippen LogP contribution in [0.25, 0.3) is 0 Å². The van der Waals surface area contributed by atoms with Gasteiger partial charge in [-0.05, 0) is 32.6 Å². The lowest BCUT2D eigenvalue weighted by Gasteiger charge is -2.55. The molecule has 0 bridgehead atoms. The van der Waals surface area contributed by atoms with Gasteiger partial charge in [-0.2, -0.15) is 0 Å². The van der Waals surface area contributed by atoms with Gasteiger partial charge in [0.2, 0.25) is 0 Å². The minimum atomic E-state index is 0. The topological polar surface area (TPSA) is 45.7 Å². The highest BCUT2D eigenvalue weighted by Crippen LogP contribution is 2.52. The number of nitrogens with zero attached hydrogens (tertiary/aromatic N) is 1. The van der Waals surface area contributed by atoms with E-state index in [1.165, 1.54) is 25.7 Å². The van der Waals surface area contributed by atoms with Crippen LogP contribution in [0.2, 0.25) is 0 Å². The van der Waals surface area contributed by atoms with Gasteiger partial charge < -0.3 is 15.4 Å². The Balaban J connectivity index is 0.00000147. The molecule has 0 amide bonds. The summed E-state index contributed by atoms with van der Waals surface area (Å²) in [6, 6.07) is 1.13. The highest BCUT2D eigenvalue weighted by Gasteiger charge is 2.59. The summed E-state index contributed by atoms with van der Waals surface area (Å²) in [5, 5.41) is 7.24. The van der Waals surface area contributed by atoms with E-state index in [-0.39, 0.29) is 29.4 Å². The first-order chi connectivity index (χ1) is 9.13. The van der Waals surface area contributed by atoms with Crippen LogP contribution in [0, 0.1) is 11.3 Å². The summed E-state index contributed by atoms with van der Waals surface area (Å²) in [5.41, 5.74) is 0.219. The average Bonchev–Trinajstić information content (AvgIpc) is 2.76. The van der Waals surface area contributed by atoms with Crippen molar-refractivity contribution in [1.29, 1.82) is 0 Å². The first-order valence-corrected chi connectivity index (χ1v) is 7.82. The van der Waals surface area contributed by atoms with Crippen LogP contribution < -0.4 is 10.6 Å². The van der Waals surface area contributed by atoms with E-state index in [1.54, 1.807) is 0 Å². The van der Waals surface area contributed by atoms with Gasteiger partial charge in [0.1, 0.15) is 0 Å². The number of guanidine groups is 1. The molecule has 116 valence electrons. The highest BCUT2D eigenvalue weighted by atomic mass is 127. The normalized spacial score (nSPS) is 35.4. The summed E-state index contributed by atoms with van der Waals surface area (Å²) in [7, 11) is 0. The predicted octanol–water partition coefficient (Wildman–Crippen LogP) is 2.53. The van der Waals surface area contributed by atoms with Crippen LogP contribution in [0.5, 0.6) is 0 Å². The fourth-order valence-corrected chi connectivity index (χ4v) is 3.80. The van der Waals surface area contributed by atoms with Gasteiger partial charge in [-0.25, -0.2) is 0 Å². The third-order valence-corrected chi connectivity index (χ3v) is 5.15. The molecule has 20 heavy (non-hydrogen) atoms. The fraction of sp³-hybridized carbons (Fsp3) is 0.933. The summed E-state index contributed by atoms with van der Waals surface area (Å²) >= 11 is 0. The largest absolute Gasteiger partial charge is 0.377 e. The maximum atomic E-state index is 5.85. The summed E-state index contributed by atoms with van der Waals surface area (Å²) in [5.74, 6) is 1.68. The van der Waals surface area contributed by atoms with E-state index in [0.29, 0.717) is 24.1 Å². The molecule has 0 aromatic heterocycles. The Hall–Kier alpha value is -0.0400. The molecule has 1 heterocycles. The fourth-order valence-electron chi connectivity index (χ4n) is 3.80. The molecule has 2 saturated carbocycles. The zero-order valence-corrected chi connectivity index (χ0v) is 15.1. The number of fused-ring (bicyclic) bond motifs is 1. The molecule has 3 fully saturated rings. The minimum absolute atomic E-state index is 0. The van der Waals surface area contributed by atoms with E-state index in [1.807, 2.05) is 0 Å². The highest BCUT2D eigenvalue weighted by molar-refractivity contribution is 14.0. The van der Waals surface area contributed by atoms with Gasteiger partial charge in [0.05, 0.1) is 6.10 Å². The molecule has 1 saturated heterocycles. The molecule has 3 atom stereocenters. The molecule has 3 unspecified atom stereocenters. The zero-order valence-electron chi connectivity index (χ0n) is 12.8. The molecule has 0 aromatic carbocycles. The summed E-state index contributed by atoms with van der Waals surface area (Å²) in [6.07, 6.45) is 5.55. The Kier molecular flexibility index (Phi) is 5.21. The lowest BCUT2D eigenvalue weighted by molar-refractivity contribution is -0.106. The van der Waals surface area contributed by atoms with E-state index in [2.05, 4.69) is 36.4 Å². The Morgan fingerprint density at radius 3 is 2.60 bits per heavy atom. The second-order valence-electron chi connectivity index (χ2n) is 6.78. The third-order valence-electron chi connectivity index (χ3n) is 5.15. The van der Waals surface area contributed by atoms with Crippen molar-refractivity contribution in [3.8, 4) is 0 Å². The predicted molar refractivity (Wildman–Crippen MR) is 92.7 cm³/mol. The van der Waals surface area contributed by atoms with Crippen LogP contribution in [0.15, 0.2) is 4.99 Å². The standard InChI is InChI=1S/C15H27N3O.HI/c1-4-16-14(17-10-6-5-7-10)18-12-11-8-9-19-13(11)15(12,2)3;/h10-13H,4-9H2,1-3H3,(H2,16,17,18);1H. The van der Waals surface area contributed by atoms with Crippen LogP contribution >= 0.6 is 24.0 Å². The van der Waals surface area contributed by atoms with Crippen molar-refractivity contribution >= 4 is 29.9 Å². The molecule has 0 spiro atoms. The number of hydrogen-bond acceptors (Lipinski definition) is 2. The van der Waals surface area contributed by atoms with Crippen LogP contribution in [-0.4, -0.2) is 37.3 Å². The number of aliphatic imine (C=N–C) groups is 1. The maximum absolute atomic E-state index is 5.85. The second kappa shape index (κ2) is 6.38. The minimum Gasteiger partial charge on any atom is -0.377 e. The van der Waals surface area contributed by atoms with E-state index >= 15 is 0 Å². The zero-order chi connectivity index (χ0) is 13.5. The second-order valence-corrected chi connectivity index (χ2v) is 6.78. The Morgan fingerprint density at radius 1 is 1.25 bits per heavy atom. The molecule has 3 aliphatic rings. The van der Waals surface area contributed by atoms with E-state index in [9.17, 15) is 0 Å². The average molecular weight is 393 g/mol. The molecule has 4 nitrogen and oxygen atoms in total. The van der Waals surface area contributed by atoms with Crippen LogP contribution in [0.1, 0.15) is 46.5 Å². The van der Waals surface area contributed by atoms with E-state index < -0.39 is 0 Å². The Labute approximate surface area is 139 Å². The van der Waals surface area contributed by atoms with Crippen molar-refractivity contribution in [3.05, 3.63) is 0 Å². The first kappa shape index (κ1) is 16.3. The van der Waals surface area contributed by atoms with Crippen molar-refractivity contribution in [2.75, 3.05) is 13.2 Å². The van der Waals surface area contributed by atoms with Gasteiger partial charge in [-0.3, -0.25) is 4.99 Å². The quantitative estimate of drug-likeness (QED) is 0.440. The summed E-state index contributed by atoms with van der Waals surface area (Å²) in [4.78, 5) is 4.60. The van der Waals surface area contributed by atoms with Crippen molar-refractivity contribution < 1.29 is 4.74 Å². The Bertz CT molecular complexity index is 368. The SMILES string of the molecule is CCN=C(NC1CCC1)NC1C2CCOC2C1(C)C.I. The molecule has 3 rings (SSSR count). The third kappa shape index (κ3) is 2.80. The number of halogens is 1. The molecular weight excluding hydrogens is 365 g/mol. The smallest absolute Gasteiger partial charge is 0.191 e. The number of rotatable bonds is 3. The molecule has 0 radical (unpaired) electrons. The van der Waals surface area contributed by atoms with Gasteiger partial charge in [-0.15, -0.1) is 24.0 Å². The molecule has 0 aromatic rings. The monoisotopic (exact) mass is 393 g/mol. The van der Waals surface area contributed by atoms with Gasteiger partial charge in [0.25, 0.3) is 0 Å². The molecule has 2 aliphatic carbocycles. The maximum Gasteiger partial charge on any atom is 0.191 e. The molecule has 5 heteroatoms.